The van der Waals surface area contributed by atoms with Crippen molar-refractivity contribution in [2.24, 2.45) is 0 Å². The Morgan fingerprint density at radius 2 is 1.67 bits per heavy atom. The second kappa shape index (κ2) is 8.48. The lowest BCUT2D eigenvalue weighted by Crippen LogP contribution is -2.42. The van der Waals surface area contributed by atoms with Gasteiger partial charge in [-0.15, -0.1) is 0 Å². The highest BCUT2D eigenvalue weighted by Crippen LogP contribution is 2.13. The molecular formula is C14H22ClNO2. The predicted molar refractivity (Wildman–Crippen MR) is 75.0 cm³/mol. The Bertz CT molecular complexity index is 323. The van der Waals surface area contributed by atoms with Gasteiger partial charge in [0, 0.05) is 18.2 Å². The first kappa shape index (κ1) is 15.4. The number of hydrogen-bond donors (Lipinski definition) is 1. The third-order valence-electron chi connectivity index (χ3n) is 2.73. The largest absolute Gasteiger partial charge is 0.351 e. The standard InChI is InChI=1S/C14H22ClNO2/c1-4-17-14(18-5-2)13(16-3)10-11-6-8-12(15)9-7-11/h6-9,13-14,16H,4-5,10H2,1-3H3. The number of likely N-dealkylation sites (N-methyl/N-ethyl adjacent to an activating group) is 1. The molecular weight excluding hydrogens is 250 g/mol. The lowest BCUT2D eigenvalue weighted by Gasteiger charge is -2.26. The summed E-state index contributed by atoms with van der Waals surface area (Å²) in [6.07, 6.45) is 0.624. The van der Waals surface area contributed by atoms with Crippen molar-refractivity contribution in [2.45, 2.75) is 32.6 Å². The maximum Gasteiger partial charge on any atom is 0.172 e. The predicted octanol–water partition coefficient (Wildman–Crippen LogP) is 2.87. The highest BCUT2D eigenvalue weighted by atomic mass is 35.5. The Morgan fingerprint density at radius 3 is 2.11 bits per heavy atom. The van der Waals surface area contributed by atoms with Gasteiger partial charge < -0.3 is 14.8 Å². The first-order valence-corrected chi connectivity index (χ1v) is 6.74. The summed E-state index contributed by atoms with van der Waals surface area (Å²) in [5, 5.41) is 4.01. The van der Waals surface area contributed by atoms with Crippen LogP contribution in [-0.4, -0.2) is 32.6 Å². The maximum atomic E-state index is 5.88. The highest BCUT2D eigenvalue weighted by molar-refractivity contribution is 6.30. The number of benzene rings is 1. The van der Waals surface area contributed by atoms with Crippen LogP contribution in [0.5, 0.6) is 0 Å². The average molecular weight is 272 g/mol. The molecule has 102 valence electrons. The molecule has 3 nitrogen and oxygen atoms in total. The van der Waals surface area contributed by atoms with E-state index in [9.17, 15) is 0 Å². The molecule has 18 heavy (non-hydrogen) atoms. The van der Waals surface area contributed by atoms with Gasteiger partial charge in [-0.1, -0.05) is 23.7 Å². The summed E-state index contributed by atoms with van der Waals surface area (Å²) in [4.78, 5) is 0. The smallest absolute Gasteiger partial charge is 0.172 e. The van der Waals surface area contributed by atoms with E-state index in [4.69, 9.17) is 21.1 Å². The minimum atomic E-state index is -0.222. The molecule has 1 atom stereocenters. The first-order chi connectivity index (χ1) is 8.71. The van der Waals surface area contributed by atoms with E-state index in [-0.39, 0.29) is 12.3 Å². The van der Waals surface area contributed by atoms with Gasteiger partial charge in [-0.25, -0.2) is 0 Å². The van der Waals surface area contributed by atoms with E-state index in [1.807, 2.05) is 45.2 Å². The molecule has 0 saturated carbocycles. The van der Waals surface area contributed by atoms with Crippen LogP contribution >= 0.6 is 11.6 Å². The SMILES string of the molecule is CCOC(OCC)C(Cc1ccc(Cl)cc1)NC. The minimum Gasteiger partial charge on any atom is -0.351 e. The molecule has 0 fully saturated rings. The molecule has 0 heterocycles. The van der Waals surface area contributed by atoms with Crippen molar-refractivity contribution >= 4 is 11.6 Å². The zero-order chi connectivity index (χ0) is 13.4. The number of rotatable bonds is 8. The molecule has 0 aliphatic heterocycles. The van der Waals surface area contributed by atoms with Gasteiger partial charge in [0.05, 0.1) is 6.04 Å². The molecule has 0 radical (unpaired) electrons. The number of hydrogen-bond acceptors (Lipinski definition) is 3. The topological polar surface area (TPSA) is 30.5 Å². The van der Waals surface area contributed by atoms with Crippen LogP contribution in [0, 0.1) is 0 Å². The van der Waals surface area contributed by atoms with Crippen molar-refractivity contribution in [2.75, 3.05) is 20.3 Å². The quantitative estimate of drug-likeness (QED) is 0.738. The highest BCUT2D eigenvalue weighted by Gasteiger charge is 2.20. The second-order valence-electron chi connectivity index (χ2n) is 4.00. The normalized spacial score (nSPS) is 12.9. The van der Waals surface area contributed by atoms with Gasteiger partial charge in [-0.05, 0) is 45.0 Å². The lowest BCUT2D eigenvalue weighted by atomic mass is 10.1. The minimum absolute atomic E-state index is 0.131. The lowest BCUT2D eigenvalue weighted by molar-refractivity contribution is -0.152. The molecule has 1 aromatic carbocycles. The molecule has 1 aromatic rings. The van der Waals surface area contributed by atoms with Gasteiger partial charge in [0.25, 0.3) is 0 Å². The maximum absolute atomic E-state index is 5.88. The number of nitrogens with one attached hydrogen (secondary N) is 1. The first-order valence-electron chi connectivity index (χ1n) is 6.36. The van der Waals surface area contributed by atoms with E-state index < -0.39 is 0 Å². The Morgan fingerprint density at radius 1 is 1.11 bits per heavy atom. The van der Waals surface area contributed by atoms with Crippen molar-refractivity contribution in [3.8, 4) is 0 Å². The summed E-state index contributed by atoms with van der Waals surface area (Å²) in [6.45, 7) is 5.23. The van der Waals surface area contributed by atoms with Gasteiger partial charge >= 0.3 is 0 Å². The van der Waals surface area contributed by atoms with Crippen LogP contribution in [-0.2, 0) is 15.9 Å². The summed E-state index contributed by atoms with van der Waals surface area (Å²) < 4.78 is 11.2. The van der Waals surface area contributed by atoms with E-state index in [0.717, 1.165) is 11.4 Å². The van der Waals surface area contributed by atoms with E-state index in [1.165, 1.54) is 5.56 Å². The Balaban J connectivity index is 2.66. The van der Waals surface area contributed by atoms with Crippen molar-refractivity contribution in [3.63, 3.8) is 0 Å². The summed E-state index contributed by atoms with van der Waals surface area (Å²) in [7, 11) is 1.92. The molecule has 1 rings (SSSR count). The van der Waals surface area contributed by atoms with Crippen LogP contribution < -0.4 is 5.32 Å². The third kappa shape index (κ3) is 4.94. The van der Waals surface area contributed by atoms with E-state index >= 15 is 0 Å². The summed E-state index contributed by atoms with van der Waals surface area (Å²) in [6, 6.07) is 7.99. The summed E-state index contributed by atoms with van der Waals surface area (Å²) >= 11 is 5.88. The van der Waals surface area contributed by atoms with Crippen LogP contribution in [0.2, 0.25) is 5.02 Å². The Kier molecular flexibility index (Phi) is 7.28. The fourth-order valence-electron chi connectivity index (χ4n) is 1.82. The molecule has 0 aliphatic carbocycles. The van der Waals surface area contributed by atoms with Gasteiger partial charge in [0.2, 0.25) is 0 Å². The van der Waals surface area contributed by atoms with Crippen molar-refractivity contribution in [1.29, 1.82) is 0 Å². The number of ether oxygens (including phenoxy) is 2. The molecule has 0 amide bonds. The Labute approximate surface area is 114 Å². The van der Waals surface area contributed by atoms with Crippen molar-refractivity contribution in [3.05, 3.63) is 34.9 Å². The molecule has 0 aromatic heterocycles. The molecule has 0 spiro atoms. The Hall–Kier alpha value is -0.610. The van der Waals surface area contributed by atoms with E-state index in [0.29, 0.717) is 13.2 Å². The molecule has 0 bridgehead atoms. The molecule has 1 unspecified atom stereocenters. The van der Waals surface area contributed by atoms with Gasteiger partial charge in [-0.2, -0.15) is 0 Å². The van der Waals surface area contributed by atoms with Gasteiger partial charge in [0.15, 0.2) is 6.29 Å². The van der Waals surface area contributed by atoms with E-state index in [2.05, 4.69) is 5.32 Å². The van der Waals surface area contributed by atoms with Gasteiger partial charge in [0.1, 0.15) is 0 Å². The zero-order valence-electron chi connectivity index (χ0n) is 11.3. The molecule has 4 heteroatoms. The van der Waals surface area contributed by atoms with Crippen LogP contribution in [0.4, 0.5) is 0 Å². The van der Waals surface area contributed by atoms with E-state index in [1.54, 1.807) is 0 Å². The third-order valence-corrected chi connectivity index (χ3v) is 2.98. The average Bonchev–Trinajstić information content (AvgIpc) is 2.38. The zero-order valence-corrected chi connectivity index (χ0v) is 12.0. The van der Waals surface area contributed by atoms with Crippen LogP contribution in [0.25, 0.3) is 0 Å². The van der Waals surface area contributed by atoms with Crippen molar-refractivity contribution in [1.82, 2.24) is 5.32 Å². The summed E-state index contributed by atoms with van der Waals surface area (Å²) in [5.74, 6) is 0. The molecule has 0 saturated heterocycles. The van der Waals surface area contributed by atoms with Crippen LogP contribution in [0.3, 0.4) is 0 Å². The van der Waals surface area contributed by atoms with Crippen molar-refractivity contribution < 1.29 is 9.47 Å². The van der Waals surface area contributed by atoms with Crippen LogP contribution in [0.1, 0.15) is 19.4 Å². The summed E-state index contributed by atoms with van der Waals surface area (Å²) in [5.41, 5.74) is 1.21. The second-order valence-corrected chi connectivity index (χ2v) is 4.44. The monoisotopic (exact) mass is 271 g/mol. The molecule has 1 N–H and O–H groups in total. The molecule has 0 aliphatic rings. The fourth-order valence-corrected chi connectivity index (χ4v) is 1.94. The number of halogens is 1. The van der Waals surface area contributed by atoms with Gasteiger partial charge in [-0.3, -0.25) is 0 Å². The van der Waals surface area contributed by atoms with Crippen LogP contribution in [0.15, 0.2) is 24.3 Å². The fraction of sp³-hybridized carbons (Fsp3) is 0.571.